The number of anilines is 2. The Balaban J connectivity index is 1.85. The summed E-state index contributed by atoms with van der Waals surface area (Å²) in [4.78, 5) is 12.2. The predicted octanol–water partition coefficient (Wildman–Crippen LogP) is 3.02. The number of amides is 1. The van der Waals surface area contributed by atoms with E-state index < -0.39 is 0 Å². The second kappa shape index (κ2) is 8.85. The van der Waals surface area contributed by atoms with Gasteiger partial charge in [0.25, 0.3) is 0 Å². The van der Waals surface area contributed by atoms with Gasteiger partial charge in [-0.3, -0.25) is 4.79 Å². The van der Waals surface area contributed by atoms with Gasteiger partial charge >= 0.3 is 0 Å². The Kier molecular flexibility index (Phi) is 6.82. The van der Waals surface area contributed by atoms with Gasteiger partial charge in [0, 0.05) is 19.3 Å². The molecule has 0 radical (unpaired) electrons. The van der Waals surface area contributed by atoms with Crippen LogP contribution in [0.15, 0.2) is 28.6 Å². The fourth-order valence-electron chi connectivity index (χ4n) is 1.76. The summed E-state index contributed by atoms with van der Waals surface area (Å²) in [5.41, 5.74) is 1.92. The van der Waals surface area contributed by atoms with Crippen molar-refractivity contribution in [1.29, 1.82) is 0 Å². The lowest BCUT2D eigenvalue weighted by molar-refractivity contribution is -0.115. The number of hydrogen-bond donors (Lipinski definition) is 2. The van der Waals surface area contributed by atoms with Gasteiger partial charge in [0.2, 0.25) is 11.0 Å². The third-order valence-electron chi connectivity index (χ3n) is 2.92. The summed E-state index contributed by atoms with van der Waals surface area (Å²) in [5, 5.41) is 14.6. The van der Waals surface area contributed by atoms with E-state index in [0.29, 0.717) is 13.2 Å². The number of methoxy groups -OCH3 is 1. The van der Waals surface area contributed by atoms with Gasteiger partial charge in [-0.05, 0) is 31.5 Å². The fourth-order valence-corrected chi connectivity index (χ4v) is 3.68. The van der Waals surface area contributed by atoms with Crippen molar-refractivity contribution < 1.29 is 9.53 Å². The molecule has 0 aliphatic carbocycles. The normalized spacial score (nSPS) is 12.0. The molecule has 8 heteroatoms. The molecule has 2 rings (SSSR count). The maximum absolute atomic E-state index is 12.2. The summed E-state index contributed by atoms with van der Waals surface area (Å²) >= 11 is 2.83. The molecule has 0 spiro atoms. The van der Waals surface area contributed by atoms with Crippen molar-refractivity contribution in [2.45, 2.75) is 23.4 Å². The average Bonchev–Trinajstić information content (AvgIpc) is 2.95. The SMILES string of the molecule is COCCNc1nnc(S[C@H](C)C(=O)Nc2cccc(C)c2)s1. The average molecular weight is 352 g/mol. The molecular formula is C15H20N4O2S2. The number of aromatic nitrogens is 2. The Hall–Kier alpha value is -1.64. The molecule has 0 aliphatic rings. The van der Waals surface area contributed by atoms with E-state index in [1.165, 1.54) is 23.1 Å². The van der Waals surface area contributed by atoms with Crippen LogP contribution in [-0.4, -0.2) is 41.6 Å². The monoisotopic (exact) mass is 352 g/mol. The summed E-state index contributed by atoms with van der Waals surface area (Å²) < 4.78 is 5.73. The number of ether oxygens (including phenoxy) is 1. The number of thioether (sulfide) groups is 1. The van der Waals surface area contributed by atoms with Gasteiger partial charge in [0.05, 0.1) is 11.9 Å². The molecule has 0 unspecified atom stereocenters. The molecule has 1 aromatic carbocycles. The summed E-state index contributed by atoms with van der Waals surface area (Å²) in [6, 6.07) is 7.74. The van der Waals surface area contributed by atoms with E-state index in [1.807, 2.05) is 38.1 Å². The lowest BCUT2D eigenvalue weighted by Gasteiger charge is -2.10. The highest BCUT2D eigenvalue weighted by atomic mass is 32.2. The molecule has 0 aliphatic heterocycles. The van der Waals surface area contributed by atoms with Crippen molar-refractivity contribution in [1.82, 2.24) is 10.2 Å². The minimum absolute atomic E-state index is 0.0512. The highest BCUT2D eigenvalue weighted by Crippen LogP contribution is 2.29. The fraction of sp³-hybridized carbons (Fsp3) is 0.400. The minimum Gasteiger partial charge on any atom is -0.383 e. The van der Waals surface area contributed by atoms with Crippen molar-refractivity contribution in [3.05, 3.63) is 29.8 Å². The molecule has 0 saturated heterocycles. The van der Waals surface area contributed by atoms with Gasteiger partial charge < -0.3 is 15.4 Å². The van der Waals surface area contributed by atoms with Gasteiger partial charge in [0.15, 0.2) is 4.34 Å². The molecule has 0 saturated carbocycles. The number of nitrogens with one attached hydrogen (secondary N) is 2. The number of hydrogen-bond acceptors (Lipinski definition) is 7. The summed E-state index contributed by atoms with van der Waals surface area (Å²) in [6.45, 7) is 5.14. The third-order valence-corrected chi connectivity index (χ3v) is 4.99. The largest absolute Gasteiger partial charge is 0.383 e. The molecule has 23 heavy (non-hydrogen) atoms. The van der Waals surface area contributed by atoms with Crippen molar-refractivity contribution in [3.63, 3.8) is 0 Å². The number of benzene rings is 1. The zero-order valence-electron chi connectivity index (χ0n) is 13.3. The Morgan fingerprint density at radius 3 is 3.00 bits per heavy atom. The lowest BCUT2D eigenvalue weighted by atomic mass is 10.2. The van der Waals surface area contributed by atoms with Crippen LogP contribution >= 0.6 is 23.1 Å². The summed E-state index contributed by atoms with van der Waals surface area (Å²) in [6.07, 6.45) is 0. The minimum atomic E-state index is -0.254. The zero-order valence-corrected chi connectivity index (χ0v) is 15.0. The molecule has 0 bridgehead atoms. The molecule has 124 valence electrons. The first kappa shape index (κ1) is 17.7. The molecule has 6 nitrogen and oxygen atoms in total. The van der Waals surface area contributed by atoms with E-state index in [-0.39, 0.29) is 11.2 Å². The second-order valence-electron chi connectivity index (χ2n) is 4.91. The van der Waals surface area contributed by atoms with Gasteiger partial charge in [0.1, 0.15) is 0 Å². The Bertz CT molecular complexity index is 648. The van der Waals surface area contributed by atoms with Gasteiger partial charge in [-0.1, -0.05) is 35.2 Å². The Labute approximate surface area is 144 Å². The van der Waals surface area contributed by atoms with Crippen LogP contribution < -0.4 is 10.6 Å². The van der Waals surface area contributed by atoms with Crippen molar-refractivity contribution in [3.8, 4) is 0 Å². The van der Waals surface area contributed by atoms with Crippen LogP contribution in [0.4, 0.5) is 10.8 Å². The highest BCUT2D eigenvalue weighted by molar-refractivity contribution is 8.02. The van der Waals surface area contributed by atoms with Crippen LogP contribution in [0.2, 0.25) is 0 Å². The third kappa shape index (κ3) is 5.81. The number of carbonyl (C=O) groups excluding carboxylic acids is 1. The first-order chi connectivity index (χ1) is 11.1. The van der Waals surface area contributed by atoms with E-state index >= 15 is 0 Å². The molecule has 1 aromatic heterocycles. The first-order valence-electron chi connectivity index (χ1n) is 7.19. The van der Waals surface area contributed by atoms with Crippen LogP contribution in [0.1, 0.15) is 12.5 Å². The van der Waals surface area contributed by atoms with E-state index in [4.69, 9.17) is 4.74 Å². The lowest BCUT2D eigenvalue weighted by Crippen LogP contribution is -2.22. The quantitative estimate of drug-likeness (QED) is 0.562. The number of aryl methyl sites for hydroxylation is 1. The van der Waals surface area contributed by atoms with Crippen LogP contribution in [-0.2, 0) is 9.53 Å². The van der Waals surface area contributed by atoms with E-state index in [2.05, 4.69) is 20.8 Å². The topological polar surface area (TPSA) is 76.1 Å². The number of nitrogens with zero attached hydrogens (tertiary/aromatic N) is 2. The molecule has 2 aromatic rings. The standard InChI is InChI=1S/C15H20N4O2S2/c1-10-5-4-6-12(9-10)17-13(20)11(2)22-15-19-18-14(23-15)16-7-8-21-3/h4-6,9,11H,7-8H2,1-3H3,(H,16,18)(H,17,20)/t11-/m1/s1. The van der Waals surface area contributed by atoms with Crippen LogP contribution in [0.3, 0.4) is 0 Å². The smallest absolute Gasteiger partial charge is 0.237 e. The van der Waals surface area contributed by atoms with Crippen molar-refractivity contribution >= 4 is 39.8 Å². The summed E-state index contributed by atoms with van der Waals surface area (Å²) in [5.74, 6) is -0.0512. The van der Waals surface area contributed by atoms with Crippen molar-refractivity contribution in [2.24, 2.45) is 0 Å². The van der Waals surface area contributed by atoms with E-state index in [1.54, 1.807) is 7.11 Å². The molecule has 1 atom stereocenters. The highest BCUT2D eigenvalue weighted by Gasteiger charge is 2.17. The second-order valence-corrected chi connectivity index (χ2v) is 7.48. The molecule has 0 fully saturated rings. The maximum atomic E-state index is 12.2. The van der Waals surface area contributed by atoms with E-state index in [0.717, 1.165) is 20.7 Å². The molecular weight excluding hydrogens is 332 g/mol. The van der Waals surface area contributed by atoms with Crippen LogP contribution in [0.25, 0.3) is 0 Å². The maximum Gasteiger partial charge on any atom is 0.237 e. The van der Waals surface area contributed by atoms with Gasteiger partial charge in [-0.2, -0.15) is 0 Å². The van der Waals surface area contributed by atoms with Crippen molar-refractivity contribution in [2.75, 3.05) is 30.9 Å². The summed E-state index contributed by atoms with van der Waals surface area (Å²) in [7, 11) is 1.65. The molecule has 1 amide bonds. The zero-order chi connectivity index (χ0) is 16.7. The van der Waals surface area contributed by atoms with Gasteiger partial charge in [-0.15, -0.1) is 10.2 Å². The molecule has 2 N–H and O–H groups in total. The first-order valence-corrected chi connectivity index (χ1v) is 8.88. The number of carbonyl (C=O) groups is 1. The van der Waals surface area contributed by atoms with Crippen LogP contribution in [0, 0.1) is 6.92 Å². The Morgan fingerprint density at radius 1 is 1.43 bits per heavy atom. The van der Waals surface area contributed by atoms with Crippen LogP contribution in [0.5, 0.6) is 0 Å². The molecule has 1 heterocycles. The Morgan fingerprint density at radius 2 is 2.26 bits per heavy atom. The predicted molar refractivity (Wildman–Crippen MR) is 95.4 cm³/mol. The van der Waals surface area contributed by atoms with Gasteiger partial charge in [-0.25, -0.2) is 0 Å². The van der Waals surface area contributed by atoms with E-state index in [9.17, 15) is 4.79 Å². The number of rotatable bonds is 8.